The minimum absolute atomic E-state index is 0.751. The molecule has 1 saturated carbocycles. The van der Waals surface area contributed by atoms with Crippen LogP contribution in [0.25, 0.3) is 0 Å². The zero-order chi connectivity index (χ0) is 12.5. The zero-order valence-corrected chi connectivity index (χ0v) is 12.5. The molecule has 0 spiro atoms. The van der Waals surface area contributed by atoms with E-state index in [0.29, 0.717) is 0 Å². The second-order valence-electron chi connectivity index (χ2n) is 6.51. The van der Waals surface area contributed by atoms with Crippen molar-refractivity contribution in [2.24, 2.45) is 11.8 Å². The Morgan fingerprint density at radius 1 is 1.17 bits per heavy atom. The Balaban J connectivity index is 1.54. The van der Waals surface area contributed by atoms with E-state index in [-0.39, 0.29) is 0 Å². The van der Waals surface area contributed by atoms with Gasteiger partial charge in [0.1, 0.15) is 0 Å². The Hall–Kier alpha value is -0.340. The van der Waals surface area contributed by atoms with Crippen molar-refractivity contribution >= 4 is 11.3 Å². The number of hydrogen-bond donors (Lipinski definition) is 1. The predicted molar refractivity (Wildman–Crippen MR) is 79.2 cm³/mol. The molecule has 2 heteroatoms. The van der Waals surface area contributed by atoms with Gasteiger partial charge in [-0.3, -0.25) is 0 Å². The van der Waals surface area contributed by atoms with Crippen molar-refractivity contribution in [2.45, 2.75) is 65.0 Å². The molecule has 1 nitrogen and oxygen atoms in total. The van der Waals surface area contributed by atoms with Gasteiger partial charge in [-0.1, -0.05) is 13.8 Å². The monoisotopic (exact) mass is 263 g/mol. The van der Waals surface area contributed by atoms with Gasteiger partial charge in [-0.15, -0.1) is 11.3 Å². The molecule has 1 aromatic rings. The molecule has 1 fully saturated rings. The largest absolute Gasteiger partial charge is 0.309 e. The molecule has 2 aliphatic rings. The fourth-order valence-corrected chi connectivity index (χ4v) is 5.05. The molecule has 2 aliphatic carbocycles. The lowest BCUT2D eigenvalue weighted by Crippen LogP contribution is -2.35. The third kappa shape index (κ3) is 2.80. The van der Waals surface area contributed by atoms with Crippen molar-refractivity contribution in [2.75, 3.05) is 0 Å². The van der Waals surface area contributed by atoms with Crippen LogP contribution in [0.3, 0.4) is 0 Å². The molecule has 0 radical (unpaired) electrons. The molecule has 3 rings (SSSR count). The van der Waals surface area contributed by atoms with Crippen molar-refractivity contribution in [3.8, 4) is 0 Å². The smallest absolute Gasteiger partial charge is 0.0302 e. The van der Waals surface area contributed by atoms with Gasteiger partial charge in [-0.25, -0.2) is 0 Å². The summed E-state index contributed by atoms with van der Waals surface area (Å²) in [5.41, 5.74) is 1.64. The summed E-state index contributed by atoms with van der Waals surface area (Å²) >= 11 is 2.05. The first-order chi connectivity index (χ1) is 8.70. The molecule has 0 aromatic carbocycles. The van der Waals surface area contributed by atoms with E-state index in [4.69, 9.17) is 0 Å². The van der Waals surface area contributed by atoms with E-state index in [2.05, 4.69) is 25.2 Å². The van der Waals surface area contributed by atoms with Gasteiger partial charge in [0.15, 0.2) is 0 Å². The quantitative estimate of drug-likeness (QED) is 0.864. The molecule has 1 aromatic heterocycles. The van der Waals surface area contributed by atoms with Crippen LogP contribution in [0.15, 0.2) is 6.07 Å². The van der Waals surface area contributed by atoms with E-state index in [0.717, 1.165) is 24.4 Å². The second kappa shape index (κ2) is 5.34. The average molecular weight is 263 g/mol. The maximum absolute atomic E-state index is 3.80. The minimum Gasteiger partial charge on any atom is -0.309 e. The van der Waals surface area contributed by atoms with Crippen LogP contribution in [0, 0.1) is 11.8 Å². The third-order valence-corrected chi connectivity index (χ3v) is 5.78. The summed E-state index contributed by atoms with van der Waals surface area (Å²) in [6.07, 6.45) is 8.20. The van der Waals surface area contributed by atoms with E-state index in [1.54, 1.807) is 15.3 Å². The fourth-order valence-electron chi connectivity index (χ4n) is 3.84. The summed E-state index contributed by atoms with van der Waals surface area (Å²) in [5, 5.41) is 3.80. The van der Waals surface area contributed by atoms with Crippen LogP contribution in [0.4, 0.5) is 0 Å². The zero-order valence-electron chi connectivity index (χ0n) is 11.7. The Morgan fingerprint density at radius 3 is 2.67 bits per heavy atom. The maximum Gasteiger partial charge on any atom is 0.0302 e. The average Bonchev–Trinajstić information content (AvgIpc) is 2.84. The van der Waals surface area contributed by atoms with Gasteiger partial charge in [-0.05, 0) is 62.0 Å². The molecule has 0 aliphatic heterocycles. The van der Waals surface area contributed by atoms with Gasteiger partial charge in [0.25, 0.3) is 0 Å². The Morgan fingerprint density at radius 2 is 1.94 bits per heavy atom. The summed E-state index contributed by atoms with van der Waals surface area (Å²) < 4.78 is 0. The van der Waals surface area contributed by atoms with Crippen molar-refractivity contribution in [3.63, 3.8) is 0 Å². The van der Waals surface area contributed by atoms with Crippen molar-refractivity contribution in [1.29, 1.82) is 0 Å². The van der Waals surface area contributed by atoms with Crippen molar-refractivity contribution in [1.82, 2.24) is 5.32 Å². The van der Waals surface area contributed by atoms with E-state index in [1.807, 2.05) is 11.3 Å². The lowest BCUT2D eigenvalue weighted by atomic mass is 9.80. The predicted octanol–water partition coefficient (Wildman–Crippen LogP) is 4.15. The van der Waals surface area contributed by atoms with Crippen LogP contribution in [0.1, 0.15) is 54.8 Å². The van der Waals surface area contributed by atoms with Gasteiger partial charge >= 0.3 is 0 Å². The molecule has 100 valence electrons. The fraction of sp³-hybridized carbons (Fsp3) is 0.750. The van der Waals surface area contributed by atoms with Gasteiger partial charge in [-0.2, -0.15) is 0 Å². The molecule has 2 unspecified atom stereocenters. The van der Waals surface area contributed by atoms with Crippen molar-refractivity contribution < 1.29 is 0 Å². The topological polar surface area (TPSA) is 12.0 Å². The van der Waals surface area contributed by atoms with Gasteiger partial charge in [0.05, 0.1) is 0 Å². The van der Waals surface area contributed by atoms with Crippen LogP contribution in [0.2, 0.25) is 0 Å². The number of aryl methyl sites for hydroxylation is 2. The van der Waals surface area contributed by atoms with Crippen LogP contribution >= 0.6 is 11.3 Å². The first-order valence-electron chi connectivity index (χ1n) is 7.54. The van der Waals surface area contributed by atoms with Gasteiger partial charge in [0.2, 0.25) is 0 Å². The first kappa shape index (κ1) is 12.7. The highest BCUT2D eigenvalue weighted by Gasteiger charge is 2.23. The van der Waals surface area contributed by atoms with Gasteiger partial charge in [0, 0.05) is 22.3 Å². The molecular weight excluding hydrogens is 238 g/mol. The summed E-state index contributed by atoms with van der Waals surface area (Å²) in [7, 11) is 0. The number of rotatable bonds is 3. The van der Waals surface area contributed by atoms with Crippen LogP contribution in [-0.4, -0.2) is 6.04 Å². The van der Waals surface area contributed by atoms with E-state index >= 15 is 0 Å². The van der Waals surface area contributed by atoms with E-state index in [9.17, 15) is 0 Å². The number of fused-ring (bicyclic) bond motifs is 1. The van der Waals surface area contributed by atoms with Gasteiger partial charge < -0.3 is 5.32 Å². The highest BCUT2D eigenvalue weighted by molar-refractivity contribution is 7.12. The minimum atomic E-state index is 0.751. The van der Waals surface area contributed by atoms with Crippen LogP contribution in [-0.2, 0) is 19.4 Å². The third-order valence-electron chi connectivity index (χ3n) is 4.54. The maximum atomic E-state index is 3.80. The number of hydrogen-bond acceptors (Lipinski definition) is 2. The Bertz CT molecular complexity index is 378. The SMILES string of the molecule is CC1CC(C)CC(NCc2cc3c(s2)CCC3)C1. The number of nitrogens with one attached hydrogen (secondary N) is 1. The summed E-state index contributed by atoms with van der Waals surface area (Å²) in [5.74, 6) is 1.80. The highest BCUT2D eigenvalue weighted by Crippen LogP contribution is 2.32. The van der Waals surface area contributed by atoms with Crippen LogP contribution in [0.5, 0.6) is 0 Å². The number of thiophene rings is 1. The lowest BCUT2D eigenvalue weighted by molar-refractivity contribution is 0.238. The summed E-state index contributed by atoms with van der Waals surface area (Å²) in [6, 6.07) is 3.20. The Labute approximate surface area is 115 Å². The summed E-state index contributed by atoms with van der Waals surface area (Å²) in [6.45, 7) is 5.91. The normalized spacial score (nSPS) is 31.6. The Kier molecular flexibility index (Phi) is 3.76. The van der Waals surface area contributed by atoms with E-state index < -0.39 is 0 Å². The molecule has 18 heavy (non-hydrogen) atoms. The second-order valence-corrected chi connectivity index (χ2v) is 7.73. The lowest BCUT2D eigenvalue weighted by Gasteiger charge is -2.32. The van der Waals surface area contributed by atoms with Crippen LogP contribution < -0.4 is 5.32 Å². The molecule has 0 saturated heterocycles. The molecule has 1 heterocycles. The standard InChI is InChI=1S/C16H25NS/c1-11-6-12(2)8-14(7-11)17-10-15-9-13-4-3-5-16(13)18-15/h9,11-12,14,17H,3-8,10H2,1-2H3. The molecule has 0 amide bonds. The molecule has 2 atom stereocenters. The molecule has 1 N–H and O–H groups in total. The summed E-state index contributed by atoms with van der Waals surface area (Å²) in [4.78, 5) is 3.22. The first-order valence-corrected chi connectivity index (χ1v) is 8.36. The van der Waals surface area contributed by atoms with Crippen molar-refractivity contribution in [3.05, 3.63) is 21.4 Å². The van der Waals surface area contributed by atoms with E-state index in [1.165, 1.54) is 38.5 Å². The molecule has 0 bridgehead atoms. The molecular formula is C16H25NS. The highest BCUT2D eigenvalue weighted by atomic mass is 32.1.